The second-order valence-corrected chi connectivity index (χ2v) is 3.88. The molecule has 0 N–H and O–H groups in total. The van der Waals surface area contributed by atoms with Crippen LogP contribution in [-0.2, 0) is 0 Å². The Morgan fingerprint density at radius 1 is 1.07 bits per heavy atom. The van der Waals surface area contributed by atoms with E-state index < -0.39 is 11.2 Å². The summed E-state index contributed by atoms with van der Waals surface area (Å²) >= 11 is 0. The molecule has 0 unspecified atom stereocenters. The average molecular weight is 275 g/mol. The third-order valence-electron chi connectivity index (χ3n) is 2.92. The SMILES string of the molecule is O=c1ccc(C2CCCC2)ccc1[O-].[Rb+]. The van der Waals surface area contributed by atoms with Crippen molar-refractivity contribution < 1.29 is 63.3 Å². The van der Waals surface area contributed by atoms with E-state index in [2.05, 4.69) is 0 Å². The Morgan fingerprint density at radius 2 is 1.67 bits per heavy atom. The normalized spacial score (nSPS) is 16.0. The van der Waals surface area contributed by atoms with E-state index in [1.807, 2.05) is 0 Å². The first-order valence-corrected chi connectivity index (χ1v) is 5.08. The van der Waals surface area contributed by atoms with E-state index in [1.165, 1.54) is 37.8 Å². The van der Waals surface area contributed by atoms with Gasteiger partial charge in [-0.05, 0) is 30.4 Å². The summed E-state index contributed by atoms with van der Waals surface area (Å²) in [4.78, 5) is 11.1. The third kappa shape index (κ3) is 3.48. The summed E-state index contributed by atoms with van der Waals surface area (Å²) in [6.07, 6.45) is 4.90. The smallest absolute Gasteiger partial charge is 0.870 e. The maximum absolute atomic E-state index is 11.1. The van der Waals surface area contributed by atoms with Crippen LogP contribution in [0.25, 0.3) is 0 Å². The van der Waals surface area contributed by atoms with Gasteiger partial charge in [-0.3, -0.25) is 4.79 Å². The molecule has 2 rings (SSSR count). The first kappa shape index (κ1) is 13.6. The van der Waals surface area contributed by atoms with Crippen molar-refractivity contribution in [2.45, 2.75) is 31.6 Å². The molecule has 3 heteroatoms. The molecule has 0 amide bonds. The number of hydrogen-bond donors (Lipinski definition) is 0. The molecule has 0 radical (unpaired) electrons. The molecular formula is C12H13O2Rb. The van der Waals surface area contributed by atoms with E-state index in [-0.39, 0.29) is 58.2 Å². The summed E-state index contributed by atoms with van der Waals surface area (Å²) in [5.74, 6) is 0.149. The summed E-state index contributed by atoms with van der Waals surface area (Å²) in [6, 6.07) is 6.41. The topological polar surface area (TPSA) is 40.1 Å². The fraction of sp³-hybridized carbons (Fsp3) is 0.417. The van der Waals surface area contributed by atoms with Crippen LogP contribution in [-0.4, -0.2) is 0 Å². The van der Waals surface area contributed by atoms with E-state index in [0.717, 1.165) is 5.56 Å². The zero-order valence-electron chi connectivity index (χ0n) is 9.03. The maximum Gasteiger partial charge on any atom is 1.00 e. The third-order valence-corrected chi connectivity index (χ3v) is 2.92. The molecule has 0 saturated heterocycles. The van der Waals surface area contributed by atoms with E-state index in [1.54, 1.807) is 12.1 Å². The fourth-order valence-corrected chi connectivity index (χ4v) is 2.09. The van der Waals surface area contributed by atoms with Gasteiger partial charge in [-0.2, -0.15) is 0 Å². The molecule has 74 valence electrons. The van der Waals surface area contributed by atoms with Crippen molar-refractivity contribution in [3.8, 4) is 5.75 Å². The van der Waals surface area contributed by atoms with Crippen LogP contribution in [0.2, 0.25) is 0 Å². The van der Waals surface area contributed by atoms with Gasteiger partial charge < -0.3 is 5.11 Å². The molecule has 0 aliphatic heterocycles. The monoisotopic (exact) mass is 274 g/mol. The minimum Gasteiger partial charge on any atom is -0.870 e. The molecule has 0 atom stereocenters. The van der Waals surface area contributed by atoms with Crippen molar-refractivity contribution >= 4 is 0 Å². The van der Waals surface area contributed by atoms with Gasteiger partial charge in [-0.15, -0.1) is 0 Å². The Labute approximate surface area is 139 Å². The van der Waals surface area contributed by atoms with Gasteiger partial charge >= 0.3 is 58.2 Å². The molecule has 0 aromatic heterocycles. The maximum atomic E-state index is 11.1. The van der Waals surface area contributed by atoms with Gasteiger partial charge in [-0.1, -0.05) is 36.8 Å². The van der Waals surface area contributed by atoms with E-state index >= 15 is 0 Å². The Morgan fingerprint density at radius 3 is 2.33 bits per heavy atom. The number of rotatable bonds is 1. The quantitative estimate of drug-likeness (QED) is 0.644. The molecule has 2 nitrogen and oxygen atoms in total. The molecule has 1 aromatic rings. The Hall–Kier alpha value is 0.495. The van der Waals surface area contributed by atoms with Crippen molar-refractivity contribution in [2.24, 2.45) is 0 Å². The van der Waals surface area contributed by atoms with Gasteiger partial charge in [0.2, 0.25) is 0 Å². The number of hydrogen-bond acceptors (Lipinski definition) is 2. The minimum absolute atomic E-state index is 0. The van der Waals surface area contributed by atoms with Gasteiger partial charge in [0.15, 0.2) is 5.43 Å². The molecule has 1 aromatic carbocycles. The van der Waals surface area contributed by atoms with Crippen LogP contribution in [0.15, 0.2) is 29.1 Å². The van der Waals surface area contributed by atoms with Crippen LogP contribution in [0.5, 0.6) is 5.75 Å². The molecule has 1 fully saturated rings. The van der Waals surface area contributed by atoms with Gasteiger partial charge in [0.25, 0.3) is 0 Å². The molecule has 15 heavy (non-hydrogen) atoms. The summed E-state index contributed by atoms with van der Waals surface area (Å²) in [5, 5.41) is 11.1. The second kappa shape index (κ2) is 6.28. The molecular weight excluding hydrogens is 262 g/mol. The summed E-state index contributed by atoms with van der Waals surface area (Å²) < 4.78 is 0. The first-order valence-electron chi connectivity index (χ1n) is 5.08. The zero-order chi connectivity index (χ0) is 9.97. The molecule has 1 aliphatic rings. The van der Waals surface area contributed by atoms with Gasteiger partial charge in [0.05, 0.1) is 0 Å². The van der Waals surface area contributed by atoms with E-state index in [9.17, 15) is 9.90 Å². The van der Waals surface area contributed by atoms with Crippen molar-refractivity contribution in [2.75, 3.05) is 0 Å². The molecule has 1 saturated carbocycles. The van der Waals surface area contributed by atoms with Crippen molar-refractivity contribution in [3.05, 3.63) is 40.1 Å². The second-order valence-electron chi connectivity index (χ2n) is 3.88. The molecule has 1 aliphatic carbocycles. The van der Waals surface area contributed by atoms with Gasteiger partial charge in [0, 0.05) is 0 Å². The van der Waals surface area contributed by atoms with Crippen LogP contribution in [0.1, 0.15) is 37.2 Å². The molecule has 0 heterocycles. The standard InChI is InChI=1S/C12H14O2.Rb/c13-11-7-5-10(6-8-12(11)14)9-3-1-2-4-9;/h5-9H,1-4H2,(H,13,14);/q;+1/p-1. The van der Waals surface area contributed by atoms with Crippen LogP contribution in [0.3, 0.4) is 0 Å². The van der Waals surface area contributed by atoms with Crippen LogP contribution < -0.4 is 68.7 Å². The minimum atomic E-state index is -0.408. The van der Waals surface area contributed by atoms with Crippen LogP contribution in [0, 0.1) is 0 Å². The summed E-state index contributed by atoms with van der Waals surface area (Å²) in [5.41, 5.74) is 0.732. The largest absolute Gasteiger partial charge is 1.00 e. The van der Waals surface area contributed by atoms with Crippen molar-refractivity contribution in [1.29, 1.82) is 0 Å². The van der Waals surface area contributed by atoms with E-state index in [0.29, 0.717) is 5.92 Å². The zero-order valence-corrected chi connectivity index (χ0v) is 13.9. The van der Waals surface area contributed by atoms with Crippen molar-refractivity contribution in [1.82, 2.24) is 0 Å². The van der Waals surface area contributed by atoms with Gasteiger partial charge in [0.1, 0.15) is 0 Å². The van der Waals surface area contributed by atoms with Crippen LogP contribution in [0.4, 0.5) is 0 Å². The Balaban J connectivity index is 0.00000112. The summed E-state index contributed by atoms with van der Waals surface area (Å²) in [6.45, 7) is 0. The first-order chi connectivity index (χ1) is 6.77. The predicted molar refractivity (Wildman–Crippen MR) is 53.4 cm³/mol. The van der Waals surface area contributed by atoms with Crippen LogP contribution >= 0.6 is 0 Å². The Bertz CT molecular complexity index is 384. The van der Waals surface area contributed by atoms with Gasteiger partial charge in [-0.25, -0.2) is 0 Å². The average Bonchev–Trinajstić information content (AvgIpc) is 2.65. The summed E-state index contributed by atoms with van der Waals surface area (Å²) in [7, 11) is 0. The molecule has 0 bridgehead atoms. The fourth-order valence-electron chi connectivity index (χ4n) is 2.09. The Kier molecular flexibility index (Phi) is 5.68. The molecule has 0 spiro atoms. The van der Waals surface area contributed by atoms with E-state index in [4.69, 9.17) is 0 Å². The van der Waals surface area contributed by atoms with Crippen molar-refractivity contribution in [3.63, 3.8) is 0 Å². The predicted octanol–water partition coefficient (Wildman–Crippen LogP) is -1.22.